The smallest absolute Gasteiger partial charge is 0.243 e. The largest absolute Gasteiger partial charge is 0.497 e. The first-order chi connectivity index (χ1) is 14.4. The lowest BCUT2D eigenvalue weighted by atomic mass is 10.1. The number of nitrogens with zero attached hydrogens (tertiary/aromatic N) is 1. The highest BCUT2D eigenvalue weighted by Gasteiger charge is 2.25. The number of hydrogen-bond acceptors (Lipinski definition) is 4. The van der Waals surface area contributed by atoms with Crippen molar-refractivity contribution in [1.29, 1.82) is 0 Å². The van der Waals surface area contributed by atoms with Gasteiger partial charge in [0.05, 0.1) is 18.6 Å². The number of rotatable bonds is 9. The van der Waals surface area contributed by atoms with Crippen LogP contribution in [-0.2, 0) is 21.2 Å². The molecule has 0 fully saturated rings. The van der Waals surface area contributed by atoms with Gasteiger partial charge in [-0.25, -0.2) is 8.42 Å². The molecule has 0 radical (unpaired) electrons. The van der Waals surface area contributed by atoms with Crippen LogP contribution < -0.4 is 10.1 Å². The molecule has 0 saturated carbocycles. The van der Waals surface area contributed by atoms with Gasteiger partial charge in [0, 0.05) is 13.1 Å². The molecule has 0 atom stereocenters. The Balaban J connectivity index is 1.61. The highest BCUT2D eigenvalue weighted by Crippen LogP contribution is 2.21. The van der Waals surface area contributed by atoms with E-state index < -0.39 is 10.0 Å². The number of nitrogens with one attached hydrogen (secondary N) is 1. The lowest BCUT2D eigenvalue weighted by molar-refractivity contribution is -0.121. The van der Waals surface area contributed by atoms with Crippen molar-refractivity contribution < 1.29 is 17.9 Å². The van der Waals surface area contributed by atoms with Gasteiger partial charge >= 0.3 is 0 Å². The summed E-state index contributed by atoms with van der Waals surface area (Å²) < 4.78 is 32.4. The van der Waals surface area contributed by atoms with Crippen molar-refractivity contribution in [2.45, 2.75) is 18.2 Å². The fourth-order valence-corrected chi connectivity index (χ4v) is 4.64. The molecule has 0 spiro atoms. The van der Waals surface area contributed by atoms with Gasteiger partial charge in [0.25, 0.3) is 0 Å². The van der Waals surface area contributed by atoms with Crippen molar-refractivity contribution in [3.05, 3.63) is 72.3 Å². The summed E-state index contributed by atoms with van der Waals surface area (Å²) in [6.45, 7) is 2.15. The Kier molecular flexibility index (Phi) is 7.07. The molecule has 0 unspecified atom stereocenters. The minimum atomic E-state index is -3.76. The number of sulfonamides is 1. The number of amides is 1. The number of benzene rings is 3. The summed E-state index contributed by atoms with van der Waals surface area (Å²) in [6.07, 6.45) is 0.652. The van der Waals surface area contributed by atoms with Crippen LogP contribution in [0.1, 0.15) is 12.5 Å². The Bertz CT molecular complexity index is 1110. The molecule has 0 saturated heterocycles. The van der Waals surface area contributed by atoms with Gasteiger partial charge in [0.1, 0.15) is 5.75 Å². The van der Waals surface area contributed by atoms with E-state index in [1.54, 1.807) is 32.2 Å². The fraction of sp³-hybridized carbons (Fsp3) is 0.261. The van der Waals surface area contributed by atoms with Crippen LogP contribution in [0.5, 0.6) is 5.75 Å². The molecule has 30 heavy (non-hydrogen) atoms. The third kappa shape index (κ3) is 5.17. The zero-order valence-corrected chi connectivity index (χ0v) is 18.0. The van der Waals surface area contributed by atoms with Crippen molar-refractivity contribution in [2.24, 2.45) is 0 Å². The molecule has 1 amide bonds. The van der Waals surface area contributed by atoms with Crippen molar-refractivity contribution in [2.75, 3.05) is 26.7 Å². The molecule has 0 aliphatic rings. The zero-order valence-electron chi connectivity index (χ0n) is 17.2. The predicted molar refractivity (Wildman–Crippen MR) is 118 cm³/mol. The van der Waals surface area contributed by atoms with Gasteiger partial charge in [-0.15, -0.1) is 0 Å². The van der Waals surface area contributed by atoms with Crippen LogP contribution in [-0.4, -0.2) is 45.4 Å². The van der Waals surface area contributed by atoms with Gasteiger partial charge in [-0.3, -0.25) is 4.79 Å². The molecule has 3 rings (SSSR count). The monoisotopic (exact) mass is 426 g/mol. The molecule has 0 aliphatic heterocycles. The van der Waals surface area contributed by atoms with Crippen LogP contribution in [0, 0.1) is 0 Å². The highest BCUT2D eigenvalue weighted by atomic mass is 32.2. The van der Waals surface area contributed by atoms with Gasteiger partial charge in [0.2, 0.25) is 15.9 Å². The Labute approximate surface area is 177 Å². The van der Waals surface area contributed by atoms with E-state index in [4.69, 9.17) is 4.74 Å². The molecule has 6 nitrogen and oxygen atoms in total. The summed E-state index contributed by atoms with van der Waals surface area (Å²) in [5.41, 5.74) is 1.06. The third-order valence-corrected chi connectivity index (χ3v) is 6.84. The van der Waals surface area contributed by atoms with Gasteiger partial charge in [0.15, 0.2) is 0 Å². The van der Waals surface area contributed by atoms with Crippen molar-refractivity contribution in [3.63, 3.8) is 0 Å². The average molecular weight is 427 g/mol. The van der Waals surface area contributed by atoms with Crippen LogP contribution in [0.4, 0.5) is 0 Å². The summed E-state index contributed by atoms with van der Waals surface area (Å²) in [5, 5.41) is 4.62. The summed E-state index contributed by atoms with van der Waals surface area (Å²) in [6, 6.07) is 20.2. The Hall–Kier alpha value is -2.90. The van der Waals surface area contributed by atoms with E-state index in [1.165, 1.54) is 4.31 Å². The standard InChI is InChI=1S/C23H26N2O4S/c1-3-25(17-23(26)24-15-14-18-8-11-21(29-2)12-9-18)30(27,28)22-13-10-19-6-4-5-7-20(19)16-22/h4-13,16H,3,14-15,17H2,1-2H3,(H,24,26). The van der Waals surface area contributed by atoms with E-state index in [2.05, 4.69) is 5.32 Å². The van der Waals surface area contributed by atoms with Crippen LogP contribution >= 0.6 is 0 Å². The maximum atomic E-state index is 13.0. The second-order valence-corrected chi connectivity index (χ2v) is 8.83. The van der Waals surface area contributed by atoms with Gasteiger partial charge in [-0.2, -0.15) is 4.31 Å². The minimum Gasteiger partial charge on any atom is -0.497 e. The van der Waals surface area contributed by atoms with E-state index in [0.717, 1.165) is 22.1 Å². The second kappa shape index (κ2) is 9.73. The van der Waals surface area contributed by atoms with Crippen LogP contribution in [0.15, 0.2) is 71.6 Å². The molecule has 0 heterocycles. The summed E-state index contributed by atoms with van der Waals surface area (Å²) >= 11 is 0. The van der Waals surface area contributed by atoms with Gasteiger partial charge in [-0.05, 0) is 47.0 Å². The van der Waals surface area contributed by atoms with Crippen LogP contribution in [0.2, 0.25) is 0 Å². The molecular formula is C23H26N2O4S. The SMILES string of the molecule is CCN(CC(=O)NCCc1ccc(OC)cc1)S(=O)(=O)c1ccc2ccccc2c1. The second-order valence-electron chi connectivity index (χ2n) is 6.89. The number of ether oxygens (including phenoxy) is 1. The molecule has 3 aromatic carbocycles. The summed E-state index contributed by atoms with van der Waals surface area (Å²) in [7, 11) is -2.15. The Morgan fingerprint density at radius 1 is 1.00 bits per heavy atom. The number of carbonyl (C=O) groups is 1. The van der Waals surface area contributed by atoms with Gasteiger partial charge in [-0.1, -0.05) is 49.4 Å². The van der Waals surface area contributed by atoms with E-state index in [1.807, 2.05) is 48.5 Å². The van der Waals surface area contributed by atoms with Crippen molar-refractivity contribution >= 4 is 26.7 Å². The number of hydrogen-bond donors (Lipinski definition) is 1. The summed E-state index contributed by atoms with van der Waals surface area (Å²) in [4.78, 5) is 12.5. The maximum Gasteiger partial charge on any atom is 0.243 e. The molecule has 0 aliphatic carbocycles. The number of carbonyl (C=O) groups excluding carboxylic acids is 1. The minimum absolute atomic E-state index is 0.189. The third-order valence-electron chi connectivity index (χ3n) is 4.93. The first kappa shape index (κ1) is 21.8. The molecule has 158 valence electrons. The highest BCUT2D eigenvalue weighted by molar-refractivity contribution is 7.89. The number of fused-ring (bicyclic) bond motifs is 1. The lowest BCUT2D eigenvalue weighted by Crippen LogP contribution is -2.41. The fourth-order valence-electron chi connectivity index (χ4n) is 3.20. The number of methoxy groups -OCH3 is 1. The maximum absolute atomic E-state index is 13.0. The number of likely N-dealkylation sites (N-methyl/N-ethyl adjacent to an activating group) is 1. The molecule has 0 aromatic heterocycles. The topological polar surface area (TPSA) is 75.7 Å². The van der Waals surface area contributed by atoms with E-state index >= 15 is 0 Å². The first-order valence-electron chi connectivity index (χ1n) is 9.82. The summed E-state index contributed by atoms with van der Waals surface area (Å²) in [5.74, 6) is 0.454. The molecule has 7 heteroatoms. The van der Waals surface area contributed by atoms with E-state index in [0.29, 0.717) is 13.0 Å². The normalized spacial score (nSPS) is 11.6. The Morgan fingerprint density at radius 3 is 2.37 bits per heavy atom. The first-order valence-corrected chi connectivity index (χ1v) is 11.3. The van der Waals surface area contributed by atoms with Crippen LogP contribution in [0.3, 0.4) is 0 Å². The zero-order chi connectivity index (χ0) is 21.6. The molecule has 3 aromatic rings. The van der Waals surface area contributed by atoms with Crippen molar-refractivity contribution in [3.8, 4) is 5.75 Å². The molecular weight excluding hydrogens is 400 g/mol. The van der Waals surface area contributed by atoms with Crippen molar-refractivity contribution in [1.82, 2.24) is 9.62 Å². The van der Waals surface area contributed by atoms with E-state index in [9.17, 15) is 13.2 Å². The lowest BCUT2D eigenvalue weighted by Gasteiger charge is -2.20. The average Bonchev–Trinajstić information content (AvgIpc) is 2.77. The quantitative estimate of drug-likeness (QED) is 0.570. The Morgan fingerprint density at radius 2 is 1.70 bits per heavy atom. The van der Waals surface area contributed by atoms with Gasteiger partial charge < -0.3 is 10.1 Å². The molecule has 0 bridgehead atoms. The predicted octanol–water partition coefficient (Wildman–Crippen LogP) is 3.22. The molecule has 1 N–H and O–H groups in total. The van der Waals surface area contributed by atoms with E-state index in [-0.39, 0.29) is 23.9 Å². The van der Waals surface area contributed by atoms with Crippen LogP contribution in [0.25, 0.3) is 10.8 Å².